The van der Waals surface area contributed by atoms with Crippen LogP contribution in [-0.4, -0.2) is 19.1 Å². The summed E-state index contributed by atoms with van der Waals surface area (Å²) < 4.78 is 24.0. The summed E-state index contributed by atoms with van der Waals surface area (Å²) in [6.07, 6.45) is 0. The van der Waals surface area contributed by atoms with E-state index in [4.69, 9.17) is 15.2 Å². The van der Waals surface area contributed by atoms with E-state index in [9.17, 15) is 9.18 Å². The van der Waals surface area contributed by atoms with Gasteiger partial charge >= 0.3 is 0 Å². The molecule has 108 valence electrons. The van der Waals surface area contributed by atoms with Crippen LogP contribution in [-0.2, 0) is 0 Å². The average molecular weight is 288 g/mol. The number of nitrogens with one attached hydrogen (secondary N) is 1. The number of hydrogen-bond donors (Lipinski definition) is 2. The molecule has 0 aromatic heterocycles. The van der Waals surface area contributed by atoms with E-state index in [0.29, 0.717) is 36.0 Å². The third-order valence-corrected chi connectivity index (χ3v) is 2.98. The van der Waals surface area contributed by atoms with Gasteiger partial charge in [0.05, 0.1) is 0 Å². The molecule has 0 saturated heterocycles. The first-order valence-electron chi connectivity index (χ1n) is 6.39. The van der Waals surface area contributed by atoms with Crippen LogP contribution in [0.25, 0.3) is 0 Å². The van der Waals surface area contributed by atoms with Gasteiger partial charge in [0.15, 0.2) is 11.5 Å². The highest BCUT2D eigenvalue weighted by Gasteiger charge is 2.15. The number of carbonyl (C=O) groups excluding carboxylic acids is 1. The number of amides is 1. The first-order chi connectivity index (χ1) is 10.1. The van der Waals surface area contributed by atoms with E-state index in [0.717, 1.165) is 0 Å². The van der Waals surface area contributed by atoms with Crippen LogP contribution >= 0.6 is 0 Å². The summed E-state index contributed by atoms with van der Waals surface area (Å²) in [7, 11) is 0. The highest BCUT2D eigenvalue weighted by Crippen LogP contribution is 2.31. The predicted molar refractivity (Wildman–Crippen MR) is 76.2 cm³/mol. The molecule has 0 unspecified atom stereocenters. The smallest absolute Gasteiger partial charge is 0.255 e. The van der Waals surface area contributed by atoms with E-state index in [1.54, 1.807) is 18.2 Å². The number of fused-ring (bicyclic) bond motifs is 1. The molecule has 3 rings (SSSR count). The van der Waals surface area contributed by atoms with Gasteiger partial charge < -0.3 is 20.5 Å². The van der Waals surface area contributed by atoms with Crippen LogP contribution in [0.4, 0.5) is 15.8 Å². The molecule has 3 N–H and O–H groups in total. The van der Waals surface area contributed by atoms with Crippen LogP contribution in [0, 0.1) is 5.82 Å². The molecule has 0 spiro atoms. The number of benzene rings is 2. The second-order valence-electron chi connectivity index (χ2n) is 4.59. The lowest BCUT2D eigenvalue weighted by Gasteiger charge is -2.18. The van der Waals surface area contributed by atoms with Gasteiger partial charge in [0.25, 0.3) is 5.91 Å². The Kier molecular flexibility index (Phi) is 3.35. The van der Waals surface area contributed by atoms with Crippen molar-refractivity contribution in [2.75, 3.05) is 24.3 Å². The van der Waals surface area contributed by atoms with Gasteiger partial charge in [-0.1, -0.05) is 0 Å². The maximum Gasteiger partial charge on any atom is 0.255 e. The minimum absolute atomic E-state index is 0.243. The second kappa shape index (κ2) is 5.32. The van der Waals surface area contributed by atoms with Crippen molar-refractivity contribution in [2.24, 2.45) is 0 Å². The molecule has 21 heavy (non-hydrogen) atoms. The Hall–Kier alpha value is -2.76. The van der Waals surface area contributed by atoms with Gasteiger partial charge in [-0.25, -0.2) is 4.39 Å². The van der Waals surface area contributed by atoms with Crippen molar-refractivity contribution in [3.8, 4) is 11.5 Å². The number of hydrogen-bond acceptors (Lipinski definition) is 4. The van der Waals surface area contributed by atoms with Gasteiger partial charge in [0.2, 0.25) is 0 Å². The highest BCUT2D eigenvalue weighted by molar-refractivity contribution is 6.04. The zero-order valence-electron chi connectivity index (χ0n) is 11.1. The number of halogens is 1. The Labute approximate surface area is 120 Å². The van der Waals surface area contributed by atoms with Crippen molar-refractivity contribution in [2.45, 2.75) is 0 Å². The quantitative estimate of drug-likeness (QED) is 0.832. The van der Waals surface area contributed by atoms with Crippen LogP contribution in [0.5, 0.6) is 11.5 Å². The minimum atomic E-state index is -0.507. The molecule has 1 aliphatic rings. The van der Waals surface area contributed by atoms with Crippen molar-refractivity contribution in [1.29, 1.82) is 0 Å². The van der Waals surface area contributed by atoms with E-state index >= 15 is 0 Å². The van der Waals surface area contributed by atoms with Crippen LogP contribution in [0.15, 0.2) is 36.4 Å². The minimum Gasteiger partial charge on any atom is -0.486 e. The number of nitrogen functional groups attached to an aromatic ring is 1. The van der Waals surface area contributed by atoms with Gasteiger partial charge in [-0.05, 0) is 36.4 Å². The lowest BCUT2D eigenvalue weighted by Crippen LogP contribution is -2.17. The highest BCUT2D eigenvalue weighted by atomic mass is 19.1. The lowest BCUT2D eigenvalue weighted by atomic mass is 10.1. The molecule has 0 saturated carbocycles. The fraction of sp³-hybridized carbons (Fsp3) is 0.133. The largest absolute Gasteiger partial charge is 0.486 e. The van der Waals surface area contributed by atoms with E-state index in [2.05, 4.69) is 5.32 Å². The summed E-state index contributed by atoms with van der Waals surface area (Å²) in [4.78, 5) is 12.2. The summed E-state index contributed by atoms with van der Waals surface area (Å²) in [5, 5.41) is 2.59. The van der Waals surface area contributed by atoms with E-state index in [-0.39, 0.29) is 11.6 Å². The van der Waals surface area contributed by atoms with Crippen molar-refractivity contribution in [1.82, 2.24) is 0 Å². The summed E-state index contributed by atoms with van der Waals surface area (Å²) >= 11 is 0. The maximum absolute atomic E-state index is 13.2. The number of anilines is 2. The fourth-order valence-electron chi connectivity index (χ4n) is 2.07. The van der Waals surface area contributed by atoms with Crippen molar-refractivity contribution >= 4 is 17.3 Å². The molecule has 0 fully saturated rings. The molecule has 1 heterocycles. The average Bonchev–Trinajstić information content (AvgIpc) is 2.45. The second-order valence-corrected chi connectivity index (χ2v) is 4.59. The third-order valence-electron chi connectivity index (χ3n) is 2.98. The fourth-order valence-corrected chi connectivity index (χ4v) is 2.07. The van der Waals surface area contributed by atoms with Gasteiger partial charge in [-0.3, -0.25) is 4.79 Å². The Morgan fingerprint density at radius 2 is 1.86 bits per heavy atom. The molecule has 2 aromatic rings. The molecule has 0 bridgehead atoms. The summed E-state index contributed by atoms with van der Waals surface area (Å²) in [6, 6.07) is 8.74. The molecular weight excluding hydrogens is 275 g/mol. The first-order valence-corrected chi connectivity index (χ1v) is 6.39. The zero-order chi connectivity index (χ0) is 14.8. The van der Waals surface area contributed by atoms with Crippen molar-refractivity contribution < 1.29 is 18.7 Å². The van der Waals surface area contributed by atoms with Gasteiger partial charge in [0.1, 0.15) is 19.0 Å². The van der Waals surface area contributed by atoms with Gasteiger partial charge in [-0.15, -0.1) is 0 Å². The summed E-state index contributed by atoms with van der Waals surface area (Å²) in [5.74, 6) is 0.241. The molecule has 0 aliphatic carbocycles. The topological polar surface area (TPSA) is 73.6 Å². The molecule has 6 heteroatoms. The molecule has 5 nitrogen and oxygen atoms in total. The van der Waals surface area contributed by atoms with Crippen molar-refractivity contribution in [3.05, 3.63) is 47.8 Å². The third kappa shape index (κ3) is 2.89. The monoisotopic (exact) mass is 288 g/mol. The molecule has 1 aliphatic heterocycles. The van der Waals surface area contributed by atoms with Gasteiger partial charge in [-0.2, -0.15) is 0 Å². The lowest BCUT2D eigenvalue weighted by molar-refractivity contribution is 0.102. The van der Waals surface area contributed by atoms with E-state index in [1.807, 2.05) is 0 Å². The zero-order valence-corrected chi connectivity index (χ0v) is 11.1. The Balaban J connectivity index is 1.82. The Morgan fingerprint density at radius 3 is 2.62 bits per heavy atom. The van der Waals surface area contributed by atoms with Gasteiger partial charge in [0, 0.05) is 16.9 Å². The standard InChI is InChI=1S/C15H13FN2O3/c16-10-6-11(17)8-12(7-10)18-15(19)9-1-2-13-14(5-9)21-4-3-20-13/h1-2,5-8H,3-4,17H2,(H,18,19). The number of carbonyl (C=O) groups is 1. The summed E-state index contributed by atoms with van der Waals surface area (Å²) in [6.45, 7) is 0.930. The molecule has 0 atom stereocenters. The first kappa shape index (κ1) is 13.2. The molecule has 2 aromatic carbocycles. The number of ether oxygens (including phenoxy) is 2. The van der Waals surface area contributed by atoms with Crippen LogP contribution < -0.4 is 20.5 Å². The van der Waals surface area contributed by atoms with Crippen LogP contribution in [0.3, 0.4) is 0 Å². The van der Waals surface area contributed by atoms with Crippen molar-refractivity contribution in [3.63, 3.8) is 0 Å². The van der Waals surface area contributed by atoms with Crippen LogP contribution in [0.2, 0.25) is 0 Å². The SMILES string of the molecule is Nc1cc(F)cc(NC(=O)c2ccc3c(c2)OCCO3)c1. The Bertz CT molecular complexity index is 683. The maximum atomic E-state index is 13.2. The van der Waals surface area contributed by atoms with E-state index < -0.39 is 5.82 Å². The molecule has 1 amide bonds. The summed E-state index contributed by atoms with van der Waals surface area (Å²) in [5.41, 5.74) is 6.47. The molecule has 0 radical (unpaired) electrons. The van der Waals surface area contributed by atoms with E-state index in [1.165, 1.54) is 18.2 Å². The predicted octanol–water partition coefficient (Wildman–Crippen LogP) is 2.43. The molecular formula is C15H13FN2O3. The van der Waals surface area contributed by atoms with Crippen LogP contribution in [0.1, 0.15) is 10.4 Å². The number of rotatable bonds is 2. The Morgan fingerprint density at radius 1 is 1.10 bits per heavy atom. The number of nitrogens with two attached hydrogens (primary N) is 1. The normalized spacial score (nSPS) is 12.8.